The summed E-state index contributed by atoms with van der Waals surface area (Å²) in [7, 11) is 0. The van der Waals surface area contributed by atoms with E-state index in [0.29, 0.717) is 11.8 Å². The Hall–Kier alpha value is -5.72. The van der Waals surface area contributed by atoms with Crippen LogP contribution in [-0.4, -0.2) is 87.2 Å². The largest absolute Gasteiger partial charge is 0.317 e. The molecule has 0 bridgehead atoms. The first-order valence-corrected chi connectivity index (χ1v) is 19.9. The molecule has 0 amide bonds. The molecule has 56 heavy (non-hydrogen) atoms. The number of hydrogen-bond donors (Lipinski definition) is 1. The molecule has 284 valence electrons. The van der Waals surface area contributed by atoms with Gasteiger partial charge >= 0.3 is 0 Å². The Kier molecular flexibility index (Phi) is 9.68. The van der Waals surface area contributed by atoms with E-state index in [4.69, 9.17) is 10.2 Å². The van der Waals surface area contributed by atoms with Crippen molar-refractivity contribution in [1.82, 2.24) is 59.8 Å². The lowest BCUT2D eigenvalue weighted by Gasteiger charge is -2.30. The zero-order valence-electron chi connectivity index (χ0n) is 32.9. The average molecular weight is 745 g/mol. The number of aryl methyl sites for hydroxylation is 4. The van der Waals surface area contributed by atoms with Crippen molar-refractivity contribution >= 4 is 33.1 Å². The second-order valence-corrected chi connectivity index (χ2v) is 15.5. The van der Waals surface area contributed by atoms with E-state index < -0.39 is 0 Å². The summed E-state index contributed by atoms with van der Waals surface area (Å²) in [4.78, 5) is 11.6. The summed E-state index contributed by atoms with van der Waals surface area (Å²) in [6, 6.07) is 21.3. The predicted octanol–water partition coefficient (Wildman–Crippen LogP) is 7.58. The van der Waals surface area contributed by atoms with Gasteiger partial charge in [-0.25, -0.2) is 19.0 Å². The summed E-state index contributed by atoms with van der Waals surface area (Å²) in [5.74, 6) is 1.03. The fourth-order valence-corrected chi connectivity index (χ4v) is 8.26. The van der Waals surface area contributed by atoms with Crippen LogP contribution < -0.4 is 5.32 Å². The fourth-order valence-electron chi connectivity index (χ4n) is 8.26. The second-order valence-electron chi connectivity index (χ2n) is 15.5. The van der Waals surface area contributed by atoms with E-state index in [1.165, 1.54) is 12.8 Å². The summed E-state index contributed by atoms with van der Waals surface area (Å²) in [6.07, 6.45) is 8.51. The summed E-state index contributed by atoms with van der Waals surface area (Å²) in [5.41, 5.74) is 14.0. The minimum Gasteiger partial charge on any atom is -0.317 e. The van der Waals surface area contributed by atoms with Crippen molar-refractivity contribution in [2.24, 2.45) is 0 Å². The quantitative estimate of drug-likeness (QED) is 0.189. The molecule has 2 aliphatic rings. The van der Waals surface area contributed by atoms with Crippen LogP contribution in [0.25, 0.3) is 55.6 Å². The van der Waals surface area contributed by atoms with E-state index >= 15 is 0 Å². The molecule has 0 saturated carbocycles. The Morgan fingerprint density at radius 2 is 1.07 bits per heavy atom. The number of fused-ring (bicyclic) bond motifs is 4. The van der Waals surface area contributed by atoms with Crippen LogP contribution in [0.4, 0.5) is 0 Å². The molecule has 0 aliphatic carbocycles. The molecule has 12 heteroatoms. The Balaban J connectivity index is 0.000000147. The third-order valence-corrected chi connectivity index (χ3v) is 11.5. The standard InChI is InChI=1S/C23H26N6.C21H22N6/c1-4-28-9-7-17(8-10-28)20-12-18-5-6-19(13-21(18)26-25-20)22-11-15(2)23-24-16(3)14-29(23)27-22;1-13-9-20(26-27-12-14(2)23-21(13)27)17-4-3-16-10-18(24-25-19(16)11-17)15-5-7-22-8-6-15/h5-6,11-14,17H,4,7-10H2,1-3H3;3-4,9-12,15,22H,5-8H2,1-2H3. The first kappa shape index (κ1) is 35.9. The van der Waals surface area contributed by atoms with Gasteiger partial charge < -0.3 is 10.2 Å². The molecule has 2 saturated heterocycles. The van der Waals surface area contributed by atoms with Crippen molar-refractivity contribution in [2.75, 3.05) is 32.7 Å². The highest BCUT2D eigenvalue weighted by Gasteiger charge is 2.22. The number of benzene rings is 2. The molecular weight excluding hydrogens is 697 g/mol. The number of likely N-dealkylation sites (tertiary alicyclic amines) is 1. The van der Waals surface area contributed by atoms with E-state index in [9.17, 15) is 0 Å². The van der Waals surface area contributed by atoms with Crippen molar-refractivity contribution in [3.63, 3.8) is 0 Å². The van der Waals surface area contributed by atoms with Gasteiger partial charge in [-0.05, 0) is 134 Å². The Labute approximate surface area is 326 Å². The maximum absolute atomic E-state index is 4.74. The van der Waals surface area contributed by atoms with Gasteiger partial charge in [0.2, 0.25) is 0 Å². The highest BCUT2D eigenvalue weighted by atomic mass is 15.3. The first-order valence-electron chi connectivity index (χ1n) is 19.9. The number of aromatic nitrogens is 10. The van der Waals surface area contributed by atoms with Gasteiger partial charge in [0.1, 0.15) is 0 Å². The molecule has 0 radical (unpaired) electrons. The fraction of sp³-hybridized carbons (Fsp3) is 0.364. The lowest BCUT2D eigenvalue weighted by atomic mass is 9.92. The first-order chi connectivity index (χ1) is 27.3. The highest BCUT2D eigenvalue weighted by Crippen LogP contribution is 2.31. The van der Waals surface area contributed by atoms with Crippen LogP contribution in [0.15, 0.2) is 73.1 Å². The monoisotopic (exact) mass is 744 g/mol. The minimum atomic E-state index is 0.513. The van der Waals surface area contributed by atoms with Crippen molar-refractivity contribution < 1.29 is 0 Å². The summed E-state index contributed by atoms with van der Waals surface area (Å²) in [6.45, 7) is 15.9. The van der Waals surface area contributed by atoms with Crippen molar-refractivity contribution in [1.29, 1.82) is 0 Å². The topological polar surface area (TPSA) is 127 Å². The van der Waals surface area contributed by atoms with Gasteiger partial charge in [-0.1, -0.05) is 31.2 Å². The minimum absolute atomic E-state index is 0.513. The zero-order valence-corrected chi connectivity index (χ0v) is 32.9. The van der Waals surface area contributed by atoms with Crippen molar-refractivity contribution in [3.05, 3.63) is 107 Å². The third kappa shape index (κ3) is 7.22. The molecule has 10 rings (SSSR count). The predicted molar refractivity (Wildman–Crippen MR) is 221 cm³/mol. The normalized spacial score (nSPS) is 15.9. The number of nitrogens with zero attached hydrogens (tertiary/aromatic N) is 11. The average Bonchev–Trinajstić information content (AvgIpc) is 3.82. The van der Waals surface area contributed by atoms with E-state index in [0.717, 1.165) is 135 Å². The van der Waals surface area contributed by atoms with Crippen LogP contribution in [0.5, 0.6) is 0 Å². The van der Waals surface area contributed by atoms with Gasteiger partial charge in [-0.3, -0.25) is 0 Å². The molecule has 0 spiro atoms. The zero-order chi connectivity index (χ0) is 38.3. The Morgan fingerprint density at radius 3 is 1.55 bits per heavy atom. The molecule has 12 nitrogen and oxygen atoms in total. The number of piperidine rings is 2. The third-order valence-electron chi connectivity index (χ3n) is 11.5. The van der Waals surface area contributed by atoms with Crippen molar-refractivity contribution in [2.45, 2.75) is 72.1 Å². The van der Waals surface area contributed by atoms with Crippen LogP contribution in [0.2, 0.25) is 0 Å². The number of rotatable bonds is 5. The lowest BCUT2D eigenvalue weighted by Crippen LogP contribution is -2.32. The van der Waals surface area contributed by atoms with Gasteiger partial charge in [0, 0.05) is 33.7 Å². The molecule has 8 heterocycles. The Morgan fingerprint density at radius 1 is 0.589 bits per heavy atom. The molecule has 8 aromatic rings. The van der Waals surface area contributed by atoms with E-state index in [-0.39, 0.29) is 0 Å². The highest BCUT2D eigenvalue weighted by molar-refractivity contribution is 5.84. The molecule has 6 aromatic heterocycles. The Bertz CT molecular complexity index is 2700. The van der Waals surface area contributed by atoms with Gasteiger partial charge in [-0.2, -0.15) is 30.6 Å². The lowest BCUT2D eigenvalue weighted by molar-refractivity contribution is 0.220. The van der Waals surface area contributed by atoms with Gasteiger partial charge in [0.25, 0.3) is 0 Å². The van der Waals surface area contributed by atoms with Crippen LogP contribution in [0, 0.1) is 27.7 Å². The summed E-state index contributed by atoms with van der Waals surface area (Å²) in [5, 5.41) is 33.3. The van der Waals surface area contributed by atoms with Crippen LogP contribution >= 0.6 is 0 Å². The summed E-state index contributed by atoms with van der Waals surface area (Å²) < 4.78 is 3.72. The molecule has 2 aliphatic heterocycles. The molecule has 1 N–H and O–H groups in total. The smallest absolute Gasteiger partial charge is 0.156 e. The van der Waals surface area contributed by atoms with Crippen LogP contribution in [0.3, 0.4) is 0 Å². The molecule has 0 atom stereocenters. The number of hydrogen-bond acceptors (Lipinski definition) is 10. The molecule has 0 unspecified atom stereocenters. The summed E-state index contributed by atoms with van der Waals surface area (Å²) >= 11 is 0. The maximum Gasteiger partial charge on any atom is 0.156 e. The van der Waals surface area contributed by atoms with E-state index in [2.05, 4.69) is 122 Å². The number of imidazole rings is 2. The van der Waals surface area contributed by atoms with E-state index in [1.807, 2.05) is 35.3 Å². The molecule has 2 fully saturated rings. The van der Waals surface area contributed by atoms with Crippen molar-refractivity contribution in [3.8, 4) is 22.5 Å². The van der Waals surface area contributed by atoms with E-state index in [1.54, 1.807) is 0 Å². The molecular formula is C44H48N12. The van der Waals surface area contributed by atoms with Gasteiger partial charge in [-0.15, -0.1) is 0 Å². The molecule has 2 aromatic carbocycles. The SMILES string of the molecule is CCN1CCC(c2cc3ccc(-c4cc(C)c5nc(C)cn5n4)cc3nn2)CC1.Cc1cn2nc(-c3ccc4cc(C5CCNCC5)nnc4c3)cc(C)c2n1. The maximum atomic E-state index is 4.74. The van der Waals surface area contributed by atoms with Gasteiger partial charge in [0.05, 0.1) is 57.6 Å². The van der Waals surface area contributed by atoms with Crippen LogP contribution in [-0.2, 0) is 0 Å². The second kappa shape index (κ2) is 15.1. The van der Waals surface area contributed by atoms with Gasteiger partial charge in [0.15, 0.2) is 11.3 Å². The number of nitrogens with one attached hydrogen (secondary N) is 1. The van der Waals surface area contributed by atoms with Crippen LogP contribution in [0.1, 0.15) is 78.3 Å².